The molecule has 30 valence electrons. The van der Waals surface area contributed by atoms with Gasteiger partial charge in [-0.3, -0.25) is 5.43 Å². The van der Waals surface area contributed by atoms with E-state index in [1.165, 1.54) is 0 Å². The van der Waals surface area contributed by atoms with Gasteiger partial charge in [0.1, 0.15) is 0 Å². The zero-order valence-electron chi connectivity index (χ0n) is 3.27. The molecular formula is CH5N3OZn+2. The van der Waals surface area contributed by atoms with Crippen LogP contribution in [0.1, 0.15) is 0 Å². The number of urea groups is 1. The largest absolute Gasteiger partial charge is 2.00 e. The molecule has 4 nitrogen and oxygen atoms in total. The summed E-state index contributed by atoms with van der Waals surface area (Å²) in [5, 5.41) is 0. The molecule has 0 unspecified atom stereocenters. The van der Waals surface area contributed by atoms with Gasteiger partial charge >= 0.3 is 25.5 Å². The van der Waals surface area contributed by atoms with Crippen LogP contribution in [0.2, 0.25) is 0 Å². The molecule has 0 saturated carbocycles. The van der Waals surface area contributed by atoms with Crippen LogP contribution in [0.25, 0.3) is 0 Å². The molecule has 0 radical (unpaired) electrons. The topological polar surface area (TPSA) is 81.1 Å². The third-order valence-electron chi connectivity index (χ3n) is 0.142. The van der Waals surface area contributed by atoms with Gasteiger partial charge in [0.2, 0.25) is 0 Å². The SMILES string of the molecule is NNC(N)=O.[Zn+2]. The van der Waals surface area contributed by atoms with Gasteiger partial charge in [0.25, 0.3) is 0 Å². The van der Waals surface area contributed by atoms with Crippen LogP contribution in [-0.2, 0) is 19.5 Å². The van der Waals surface area contributed by atoms with Crippen molar-refractivity contribution in [2.75, 3.05) is 0 Å². The molecule has 0 aliphatic heterocycles. The number of hydrogen-bond acceptors (Lipinski definition) is 2. The summed E-state index contributed by atoms with van der Waals surface area (Å²) in [7, 11) is 0. The number of hydrazine groups is 1. The Labute approximate surface area is 48.0 Å². The zero-order chi connectivity index (χ0) is 4.28. The van der Waals surface area contributed by atoms with Gasteiger partial charge in [0.05, 0.1) is 0 Å². The summed E-state index contributed by atoms with van der Waals surface area (Å²) in [4.78, 5) is 9.35. The average molecular weight is 140 g/mol. The Morgan fingerprint density at radius 3 is 1.83 bits per heavy atom. The van der Waals surface area contributed by atoms with Gasteiger partial charge < -0.3 is 5.73 Å². The number of rotatable bonds is 0. The van der Waals surface area contributed by atoms with Crippen LogP contribution < -0.4 is 17.0 Å². The number of primary amides is 1. The van der Waals surface area contributed by atoms with E-state index in [4.69, 9.17) is 0 Å². The van der Waals surface area contributed by atoms with E-state index in [0.29, 0.717) is 0 Å². The van der Waals surface area contributed by atoms with Crippen LogP contribution >= 0.6 is 0 Å². The van der Waals surface area contributed by atoms with Crippen molar-refractivity contribution in [3.8, 4) is 0 Å². The second kappa shape index (κ2) is 4.85. The van der Waals surface area contributed by atoms with Crippen LogP contribution in [0, 0.1) is 0 Å². The normalized spacial score (nSPS) is 5.50. The van der Waals surface area contributed by atoms with E-state index in [9.17, 15) is 4.79 Å². The van der Waals surface area contributed by atoms with E-state index in [1.807, 2.05) is 0 Å². The average Bonchev–Trinajstić information content (AvgIpc) is 1.38. The number of hydrogen-bond donors (Lipinski definition) is 3. The molecule has 0 saturated heterocycles. The van der Waals surface area contributed by atoms with E-state index in [1.54, 1.807) is 5.43 Å². The van der Waals surface area contributed by atoms with E-state index in [0.717, 1.165) is 0 Å². The molecule has 0 aliphatic carbocycles. The maximum atomic E-state index is 9.35. The molecule has 0 heterocycles. The first kappa shape index (κ1) is 9.29. The second-order valence-electron chi connectivity index (χ2n) is 0.509. The molecule has 0 aromatic rings. The first-order valence-electron chi connectivity index (χ1n) is 1.03. The third-order valence-corrected chi connectivity index (χ3v) is 0.142. The summed E-state index contributed by atoms with van der Waals surface area (Å²) in [5.74, 6) is 4.45. The molecule has 0 fully saturated rings. The Morgan fingerprint density at radius 1 is 1.67 bits per heavy atom. The van der Waals surface area contributed by atoms with Crippen molar-refractivity contribution in [2.24, 2.45) is 11.6 Å². The molecular weight excluding hydrogens is 135 g/mol. The first-order valence-corrected chi connectivity index (χ1v) is 1.03. The molecule has 5 N–H and O–H groups in total. The summed E-state index contributed by atoms with van der Waals surface area (Å²) in [5.41, 5.74) is 6.08. The number of nitrogens with one attached hydrogen (secondary N) is 1. The summed E-state index contributed by atoms with van der Waals surface area (Å²) in [6.45, 7) is 0. The Kier molecular flexibility index (Phi) is 7.51. The summed E-state index contributed by atoms with van der Waals surface area (Å²) in [6, 6.07) is -0.718. The van der Waals surface area contributed by atoms with Crippen LogP contribution in [-0.4, -0.2) is 6.03 Å². The molecule has 0 bridgehead atoms. The summed E-state index contributed by atoms with van der Waals surface area (Å²) >= 11 is 0. The smallest absolute Gasteiger partial charge is 0.351 e. The Bertz CT molecular complexity index is 46.1. The van der Waals surface area contributed by atoms with Crippen molar-refractivity contribution in [3.63, 3.8) is 0 Å². The molecule has 0 aromatic heterocycles. The van der Waals surface area contributed by atoms with E-state index < -0.39 is 6.03 Å². The van der Waals surface area contributed by atoms with E-state index >= 15 is 0 Å². The summed E-state index contributed by atoms with van der Waals surface area (Å²) in [6.07, 6.45) is 0. The predicted octanol–water partition coefficient (Wildman–Crippen LogP) is -1.47. The fraction of sp³-hybridized carbons (Fsp3) is 0. The molecule has 6 heavy (non-hydrogen) atoms. The number of carbonyl (C=O) groups excluding carboxylic acids is 1. The van der Waals surface area contributed by atoms with Crippen LogP contribution in [0.3, 0.4) is 0 Å². The molecule has 0 rings (SSSR count). The molecule has 0 aromatic carbocycles. The molecule has 2 amide bonds. The van der Waals surface area contributed by atoms with Crippen molar-refractivity contribution < 1.29 is 24.3 Å². The van der Waals surface area contributed by atoms with Gasteiger partial charge in [0, 0.05) is 0 Å². The molecule has 5 heteroatoms. The third kappa shape index (κ3) is 9.13. The van der Waals surface area contributed by atoms with Gasteiger partial charge in [-0.25, -0.2) is 10.6 Å². The van der Waals surface area contributed by atoms with Crippen molar-refractivity contribution in [1.29, 1.82) is 0 Å². The predicted molar refractivity (Wildman–Crippen MR) is 16.9 cm³/mol. The monoisotopic (exact) mass is 139 g/mol. The van der Waals surface area contributed by atoms with Crippen molar-refractivity contribution in [3.05, 3.63) is 0 Å². The number of amides is 2. The molecule has 0 atom stereocenters. The maximum absolute atomic E-state index is 9.35. The van der Waals surface area contributed by atoms with Gasteiger partial charge in [0.15, 0.2) is 0 Å². The fourth-order valence-electron chi connectivity index (χ4n) is 0. The minimum absolute atomic E-state index is 0. The first-order chi connectivity index (χ1) is 2.27. The Hall–Kier alpha value is -0.147. The Balaban J connectivity index is 0. The Morgan fingerprint density at radius 2 is 1.83 bits per heavy atom. The molecule has 0 spiro atoms. The van der Waals surface area contributed by atoms with Crippen molar-refractivity contribution >= 4 is 6.03 Å². The van der Waals surface area contributed by atoms with Gasteiger partial charge in [-0.2, -0.15) is 0 Å². The molecule has 0 aliphatic rings. The quantitative estimate of drug-likeness (QED) is 0.166. The van der Waals surface area contributed by atoms with Crippen LogP contribution in [0.5, 0.6) is 0 Å². The van der Waals surface area contributed by atoms with Crippen LogP contribution in [0.15, 0.2) is 0 Å². The van der Waals surface area contributed by atoms with Crippen molar-refractivity contribution in [2.45, 2.75) is 0 Å². The summed E-state index contributed by atoms with van der Waals surface area (Å²) < 4.78 is 0. The zero-order valence-corrected chi connectivity index (χ0v) is 6.24. The van der Waals surface area contributed by atoms with Gasteiger partial charge in [-0.1, -0.05) is 0 Å². The second-order valence-corrected chi connectivity index (χ2v) is 0.509. The van der Waals surface area contributed by atoms with Crippen molar-refractivity contribution in [1.82, 2.24) is 5.43 Å². The minimum Gasteiger partial charge on any atom is -0.351 e. The van der Waals surface area contributed by atoms with Gasteiger partial charge in [-0.05, 0) is 0 Å². The minimum atomic E-state index is -0.718. The number of nitrogens with two attached hydrogens (primary N) is 2. The van der Waals surface area contributed by atoms with E-state index in [2.05, 4.69) is 11.6 Å². The van der Waals surface area contributed by atoms with Gasteiger partial charge in [-0.15, -0.1) is 0 Å². The van der Waals surface area contributed by atoms with Crippen LogP contribution in [0.4, 0.5) is 4.79 Å². The fourth-order valence-corrected chi connectivity index (χ4v) is 0. The standard InChI is InChI=1S/CH5N3O.Zn/c2-1(5)4-3;/h3H2,(H3,2,4,5);/q;+2. The number of carbonyl (C=O) groups is 1. The maximum Gasteiger partial charge on any atom is 2.00 e. The van der Waals surface area contributed by atoms with E-state index in [-0.39, 0.29) is 19.5 Å².